The Labute approximate surface area is 158 Å². The fourth-order valence-corrected chi connectivity index (χ4v) is 4.33. The molecule has 26 heavy (non-hydrogen) atoms. The summed E-state index contributed by atoms with van der Waals surface area (Å²) in [6, 6.07) is 14.9. The average Bonchev–Trinajstić information content (AvgIpc) is 2.61. The van der Waals surface area contributed by atoms with Crippen LogP contribution in [0.5, 0.6) is 0 Å². The molecule has 1 saturated carbocycles. The summed E-state index contributed by atoms with van der Waals surface area (Å²) in [5.41, 5.74) is 6.79. The Morgan fingerprint density at radius 2 is 1.65 bits per heavy atom. The molecule has 0 bridgehead atoms. The second kappa shape index (κ2) is 8.40. The van der Waals surface area contributed by atoms with Gasteiger partial charge in [-0.25, -0.2) is 0 Å². The van der Waals surface area contributed by atoms with E-state index in [1.165, 1.54) is 47.1 Å². The maximum absolute atomic E-state index is 6.34. The van der Waals surface area contributed by atoms with Gasteiger partial charge in [-0.2, -0.15) is 0 Å². The van der Waals surface area contributed by atoms with E-state index in [0.717, 1.165) is 12.2 Å². The highest BCUT2D eigenvalue weighted by atomic mass is 16.5. The molecule has 0 unspecified atom stereocenters. The van der Waals surface area contributed by atoms with Crippen molar-refractivity contribution in [2.24, 2.45) is 0 Å². The lowest BCUT2D eigenvalue weighted by molar-refractivity contribution is 0.0707. The minimum Gasteiger partial charge on any atom is -0.490 e. The van der Waals surface area contributed by atoms with Crippen LogP contribution < -0.4 is 0 Å². The second-order valence-electron chi connectivity index (χ2n) is 7.57. The van der Waals surface area contributed by atoms with E-state index in [0.29, 0.717) is 5.92 Å². The van der Waals surface area contributed by atoms with Crippen LogP contribution in [0, 0.1) is 20.8 Å². The average molecular weight is 347 g/mol. The lowest BCUT2D eigenvalue weighted by Gasteiger charge is -2.34. The predicted molar refractivity (Wildman–Crippen MR) is 111 cm³/mol. The van der Waals surface area contributed by atoms with Crippen LogP contribution >= 0.6 is 0 Å². The van der Waals surface area contributed by atoms with Gasteiger partial charge >= 0.3 is 0 Å². The van der Waals surface area contributed by atoms with Crippen LogP contribution in [0.2, 0.25) is 0 Å². The molecule has 0 spiro atoms. The highest BCUT2D eigenvalue weighted by molar-refractivity contribution is 5.51. The molecular formula is C25H30O. The van der Waals surface area contributed by atoms with E-state index in [9.17, 15) is 0 Å². The minimum atomic E-state index is 0.219. The molecule has 0 amide bonds. The van der Waals surface area contributed by atoms with Crippen LogP contribution in [-0.2, 0) is 4.74 Å². The molecule has 0 saturated heterocycles. The third-order valence-corrected chi connectivity index (χ3v) is 5.38. The molecule has 2 aromatic rings. The number of ether oxygens (including phenoxy) is 1. The number of aryl methyl sites for hydroxylation is 3. The quantitative estimate of drug-likeness (QED) is 0.423. The van der Waals surface area contributed by atoms with E-state index >= 15 is 0 Å². The Bertz CT molecular complexity index is 762. The van der Waals surface area contributed by atoms with Crippen molar-refractivity contribution in [2.75, 3.05) is 0 Å². The fourth-order valence-electron chi connectivity index (χ4n) is 4.33. The maximum Gasteiger partial charge on any atom is 0.112 e. The topological polar surface area (TPSA) is 9.23 Å². The van der Waals surface area contributed by atoms with Gasteiger partial charge in [-0.3, -0.25) is 0 Å². The number of benzene rings is 2. The standard InChI is InChI=1S/C25H30O/c1-18-16-19(2)25(20(3)17-18)23-12-8-9-13-24(23)26-21(4)14-15-22-10-6-5-7-11-22/h5-7,10-11,14-17,23-24H,4,8-9,12-13H2,1-3H3/b15-14+/t23-,24-/m1/s1. The van der Waals surface area contributed by atoms with Crippen molar-refractivity contribution in [3.63, 3.8) is 0 Å². The summed E-state index contributed by atoms with van der Waals surface area (Å²) in [4.78, 5) is 0. The van der Waals surface area contributed by atoms with Crippen LogP contribution in [-0.4, -0.2) is 6.10 Å². The third kappa shape index (κ3) is 4.46. The lowest BCUT2D eigenvalue weighted by Crippen LogP contribution is -2.27. The Morgan fingerprint density at radius 1 is 1.00 bits per heavy atom. The Hall–Kier alpha value is -2.28. The van der Waals surface area contributed by atoms with E-state index in [-0.39, 0.29) is 6.10 Å². The van der Waals surface area contributed by atoms with Crippen LogP contribution in [0.25, 0.3) is 6.08 Å². The molecule has 2 aromatic carbocycles. The first-order valence-corrected chi connectivity index (χ1v) is 9.71. The number of rotatable bonds is 5. The molecule has 1 fully saturated rings. The van der Waals surface area contributed by atoms with E-state index in [1.54, 1.807) is 0 Å². The number of hydrogen-bond acceptors (Lipinski definition) is 1. The number of allylic oxidation sites excluding steroid dienone is 1. The van der Waals surface area contributed by atoms with E-state index in [4.69, 9.17) is 4.74 Å². The summed E-state index contributed by atoms with van der Waals surface area (Å²) >= 11 is 0. The Kier molecular flexibility index (Phi) is 5.98. The monoisotopic (exact) mass is 346 g/mol. The highest BCUT2D eigenvalue weighted by Crippen LogP contribution is 2.39. The van der Waals surface area contributed by atoms with Crippen molar-refractivity contribution < 1.29 is 4.74 Å². The van der Waals surface area contributed by atoms with Gasteiger partial charge in [0, 0.05) is 5.92 Å². The van der Waals surface area contributed by atoms with Crippen LogP contribution in [0.4, 0.5) is 0 Å². The third-order valence-electron chi connectivity index (χ3n) is 5.38. The summed E-state index contributed by atoms with van der Waals surface area (Å²) in [5, 5.41) is 0. The summed E-state index contributed by atoms with van der Waals surface area (Å²) in [6.07, 6.45) is 9.11. The van der Waals surface area contributed by atoms with Gasteiger partial charge in [-0.1, -0.05) is 67.1 Å². The van der Waals surface area contributed by atoms with Gasteiger partial charge in [0.15, 0.2) is 0 Å². The molecule has 1 aliphatic rings. The smallest absolute Gasteiger partial charge is 0.112 e. The SMILES string of the molecule is C=C(/C=C/c1ccccc1)O[C@@H]1CCCC[C@H]1c1c(C)cc(C)cc1C. The lowest BCUT2D eigenvalue weighted by atomic mass is 9.78. The first-order chi connectivity index (χ1) is 12.5. The van der Waals surface area contributed by atoms with Crippen LogP contribution in [0.1, 0.15) is 59.4 Å². The first kappa shape index (κ1) is 18.5. The highest BCUT2D eigenvalue weighted by Gasteiger charge is 2.30. The molecule has 1 nitrogen and oxygen atoms in total. The largest absolute Gasteiger partial charge is 0.490 e. The van der Waals surface area contributed by atoms with Gasteiger partial charge in [0.25, 0.3) is 0 Å². The zero-order valence-electron chi connectivity index (χ0n) is 16.3. The van der Waals surface area contributed by atoms with Gasteiger partial charge < -0.3 is 4.74 Å². The fraction of sp³-hybridized carbons (Fsp3) is 0.360. The second-order valence-corrected chi connectivity index (χ2v) is 7.57. The Morgan fingerprint density at radius 3 is 2.35 bits per heavy atom. The van der Waals surface area contributed by atoms with Gasteiger partial charge in [-0.05, 0) is 68.4 Å². The summed E-state index contributed by atoms with van der Waals surface area (Å²) in [6.45, 7) is 10.8. The zero-order chi connectivity index (χ0) is 18.5. The molecule has 0 heterocycles. The van der Waals surface area contributed by atoms with Crippen molar-refractivity contribution in [2.45, 2.75) is 58.5 Å². The first-order valence-electron chi connectivity index (χ1n) is 9.71. The van der Waals surface area contributed by atoms with Gasteiger partial charge in [0.2, 0.25) is 0 Å². The summed E-state index contributed by atoms with van der Waals surface area (Å²) in [5.74, 6) is 1.22. The van der Waals surface area contributed by atoms with Crippen molar-refractivity contribution in [3.05, 3.63) is 88.7 Å². The minimum absolute atomic E-state index is 0.219. The van der Waals surface area contributed by atoms with E-state index < -0.39 is 0 Å². The molecule has 1 heteroatoms. The molecule has 136 valence electrons. The van der Waals surface area contributed by atoms with Crippen molar-refractivity contribution >= 4 is 6.08 Å². The molecule has 0 aromatic heterocycles. The molecule has 2 atom stereocenters. The van der Waals surface area contributed by atoms with E-state index in [2.05, 4.69) is 57.7 Å². The molecule has 1 aliphatic carbocycles. The van der Waals surface area contributed by atoms with Crippen molar-refractivity contribution in [1.29, 1.82) is 0 Å². The van der Waals surface area contributed by atoms with Gasteiger partial charge in [-0.15, -0.1) is 0 Å². The zero-order valence-corrected chi connectivity index (χ0v) is 16.3. The van der Waals surface area contributed by atoms with Crippen molar-refractivity contribution in [3.8, 4) is 0 Å². The molecule has 3 rings (SSSR count). The van der Waals surface area contributed by atoms with Crippen LogP contribution in [0.15, 0.2) is 60.9 Å². The normalized spacial score (nSPS) is 20.3. The van der Waals surface area contributed by atoms with Gasteiger partial charge in [0.1, 0.15) is 11.9 Å². The predicted octanol–water partition coefficient (Wildman–Crippen LogP) is 6.88. The van der Waals surface area contributed by atoms with Crippen molar-refractivity contribution in [1.82, 2.24) is 0 Å². The molecule has 0 radical (unpaired) electrons. The molecular weight excluding hydrogens is 316 g/mol. The summed E-state index contributed by atoms with van der Waals surface area (Å²) < 4.78 is 6.34. The van der Waals surface area contributed by atoms with E-state index in [1.807, 2.05) is 24.3 Å². The molecule has 0 aliphatic heterocycles. The van der Waals surface area contributed by atoms with Crippen LogP contribution in [0.3, 0.4) is 0 Å². The number of hydrogen-bond donors (Lipinski definition) is 0. The van der Waals surface area contributed by atoms with Gasteiger partial charge in [0.05, 0.1) is 0 Å². The maximum atomic E-state index is 6.34. The summed E-state index contributed by atoms with van der Waals surface area (Å²) in [7, 11) is 0. The molecule has 0 N–H and O–H groups in total. The Balaban J connectivity index is 1.75.